The molecule has 1 amide bonds. The van der Waals surface area contributed by atoms with Crippen molar-refractivity contribution in [2.75, 3.05) is 26.2 Å². The minimum Gasteiger partial charge on any atom is -0.394 e. The molecule has 2 saturated heterocycles. The van der Waals surface area contributed by atoms with E-state index in [2.05, 4.69) is 5.32 Å². The third-order valence-corrected chi connectivity index (χ3v) is 3.83. The van der Waals surface area contributed by atoms with Crippen LogP contribution in [0.1, 0.15) is 32.1 Å². The van der Waals surface area contributed by atoms with Gasteiger partial charge in [0.15, 0.2) is 0 Å². The van der Waals surface area contributed by atoms with E-state index in [4.69, 9.17) is 0 Å². The standard InChI is InChI=1S/C12H22N2O2/c15-9-11-2-1-7-14(11)12(16)8-10-3-5-13-6-4-10/h10-11,13,15H,1-9H2/t11-/m1/s1. The molecule has 92 valence electrons. The van der Waals surface area contributed by atoms with Crippen LogP contribution in [-0.2, 0) is 4.79 Å². The van der Waals surface area contributed by atoms with Gasteiger partial charge in [0.1, 0.15) is 0 Å². The molecule has 2 aliphatic rings. The second kappa shape index (κ2) is 5.64. The molecule has 0 aliphatic carbocycles. The van der Waals surface area contributed by atoms with Crippen molar-refractivity contribution >= 4 is 5.91 Å². The van der Waals surface area contributed by atoms with Crippen molar-refractivity contribution in [1.82, 2.24) is 10.2 Å². The van der Waals surface area contributed by atoms with Crippen molar-refractivity contribution in [1.29, 1.82) is 0 Å². The molecule has 0 spiro atoms. The number of carbonyl (C=O) groups is 1. The van der Waals surface area contributed by atoms with Crippen molar-refractivity contribution in [3.63, 3.8) is 0 Å². The van der Waals surface area contributed by atoms with Crippen molar-refractivity contribution in [2.45, 2.75) is 38.1 Å². The Bertz CT molecular complexity index is 239. The van der Waals surface area contributed by atoms with E-state index in [1.165, 1.54) is 0 Å². The molecule has 2 rings (SSSR count). The largest absolute Gasteiger partial charge is 0.394 e. The monoisotopic (exact) mass is 226 g/mol. The third kappa shape index (κ3) is 2.74. The lowest BCUT2D eigenvalue weighted by Gasteiger charge is -2.27. The fourth-order valence-electron chi connectivity index (χ4n) is 2.80. The summed E-state index contributed by atoms with van der Waals surface area (Å²) in [5.74, 6) is 0.803. The molecule has 2 heterocycles. The zero-order valence-electron chi connectivity index (χ0n) is 9.82. The number of amides is 1. The van der Waals surface area contributed by atoms with Gasteiger partial charge in [0.2, 0.25) is 5.91 Å². The summed E-state index contributed by atoms with van der Waals surface area (Å²) in [6, 6.07) is 0.0919. The Labute approximate surface area is 97.0 Å². The third-order valence-electron chi connectivity index (χ3n) is 3.83. The summed E-state index contributed by atoms with van der Waals surface area (Å²) in [6.45, 7) is 3.05. The van der Waals surface area contributed by atoms with Crippen LogP contribution in [0.25, 0.3) is 0 Å². The number of nitrogens with one attached hydrogen (secondary N) is 1. The average molecular weight is 226 g/mol. The molecular formula is C12H22N2O2. The molecule has 4 nitrogen and oxygen atoms in total. The molecule has 0 aromatic rings. The topological polar surface area (TPSA) is 52.6 Å². The number of carbonyl (C=O) groups excluding carboxylic acids is 1. The molecule has 0 aromatic heterocycles. The van der Waals surface area contributed by atoms with E-state index >= 15 is 0 Å². The molecule has 0 bridgehead atoms. The van der Waals surface area contributed by atoms with Gasteiger partial charge in [0.25, 0.3) is 0 Å². The lowest BCUT2D eigenvalue weighted by molar-refractivity contribution is -0.133. The van der Waals surface area contributed by atoms with E-state index in [0.29, 0.717) is 12.3 Å². The van der Waals surface area contributed by atoms with Crippen LogP contribution in [0.15, 0.2) is 0 Å². The first-order valence-corrected chi connectivity index (χ1v) is 6.42. The van der Waals surface area contributed by atoms with Gasteiger partial charge in [-0.3, -0.25) is 4.79 Å². The van der Waals surface area contributed by atoms with Gasteiger partial charge >= 0.3 is 0 Å². The summed E-state index contributed by atoms with van der Waals surface area (Å²) < 4.78 is 0. The minimum absolute atomic E-state index is 0.0919. The average Bonchev–Trinajstić information content (AvgIpc) is 2.78. The summed E-state index contributed by atoms with van der Waals surface area (Å²) in [6.07, 6.45) is 4.92. The number of hydrogen-bond acceptors (Lipinski definition) is 3. The number of hydrogen-bond donors (Lipinski definition) is 2. The first-order valence-electron chi connectivity index (χ1n) is 6.42. The quantitative estimate of drug-likeness (QED) is 0.730. The maximum absolute atomic E-state index is 12.1. The summed E-state index contributed by atoms with van der Waals surface area (Å²) in [4.78, 5) is 14.0. The number of aliphatic hydroxyl groups excluding tert-OH is 1. The van der Waals surface area contributed by atoms with Crippen molar-refractivity contribution < 1.29 is 9.90 Å². The van der Waals surface area contributed by atoms with Crippen LogP contribution < -0.4 is 5.32 Å². The van der Waals surface area contributed by atoms with Crippen LogP contribution >= 0.6 is 0 Å². The molecule has 2 N–H and O–H groups in total. The first-order chi connectivity index (χ1) is 7.81. The van der Waals surface area contributed by atoms with E-state index in [-0.39, 0.29) is 18.6 Å². The van der Waals surface area contributed by atoms with Gasteiger partial charge < -0.3 is 15.3 Å². The summed E-state index contributed by atoms with van der Waals surface area (Å²) in [5, 5.41) is 12.5. The molecule has 4 heteroatoms. The Morgan fingerprint density at radius 3 is 2.75 bits per heavy atom. The molecule has 16 heavy (non-hydrogen) atoms. The molecule has 0 saturated carbocycles. The Balaban J connectivity index is 1.82. The molecule has 1 atom stereocenters. The summed E-state index contributed by atoms with van der Waals surface area (Å²) in [5.41, 5.74) is 0. The minimum atomic E-state index is 0.0919. The van der Waals surface area contributed by atoms with E-state index < -0.39 is 0 Å². The Hall–Kier alpha value is -0.610. The molecule has 2 aliphatic heterocycles. The van der Waals surface area contributed by atoms with Gasteiger partial charge in [0.05, 0.1) is 12.6 Å². The highest BCUT2D eigenvalue weighted by atomic mass is 16.3. The van der Waals surface area contributed by atoms with Crippen LogP contribution in [0.5, 0.6) is 0 Å². The zero-order chi connectivity index (χ0) is 11.4. The van der Waals surface area contributed by atoms with Crippen molar-refractivity contribution in [3.05, 3.63) is 0 Å². The van der Waals surface area contributed by atoms with Crippen LogP contribution in [0.2, 0.25) is 0 Å². The van der Waals surface area contributed by atoms with Crippen LogP contribution in [-0.4, -0.2) is 48.2 Å². The lowest BCUT2D eigenvalue weighted by atomic mass is 9.94. The fraction of sp³-hybridized carbons (Fsp3) is 0.917. The molecule has 0 radical (unpaired) electrons. The summed E-state index contributed by atoms with van der Waals surface area (Å²) >= 11 is 0. The van der Waals surface area contributed by atoms with Crippen LogP contribution in [0.4, 0.5) is 0 Å². The van der Waals surface area contributed by atoms with E-state index in [9.17, 15) is 9.90 Å². The van der Waals surface area contributed by atoms with E-state index in [1.807, 2.05) is 4.90 Å². The van der Waals surface area contributed by atoms with Gasteiger partial charge in [0, 0.05) is 13.0 Å². The van der Waals surface area contributed by atoms with E-state index in [1.54, 1.807) is 0 Å². The Morgan fingerprint density at radius 2 is 2.06 bits per heavy atom. The van der Waals surface area contributed by atoms with E-state index in [0.717, 1.165) is 45.3 Å². The number of likely N-dealkylation sites (tertiary alicyclic amines) is 1. The van der Waals surface area contributed by atoms with Crippen molar-refractivity contribution in [3.8, 4) is 0 Å². The van der Waals surface area contributed by atoms with Crippen LogP contribution in [0, 0.1) is 5.92 Å². The molecular weight excluding hydrogens is 204 g/mol. The van der Waals surface area contributed by atoms with Gasteiger partial charge in [-0.1, -0.05) is 0 Å². The highest BCUT2D eigenvalue weighted by Gasteiger charge is 2.29. The smallest absolute Gasteiger partial charge is 0.223 e. The molecule has 0 aromatic carbocycles. The highest BCUT2D eigenvalue weighted by molar-refractivity contribution is 5.77. The van der Waals surface area contributed by atoms with Gasteiger partial charge in [-0.05, 0) is 44.7 Å². The van der Waals surface area contributed by atoms with Crippen LogP contribution in [0.3, 0.4) is 0 Å². The number of piperidine rings is 1. The highest BCUT2D eigenvalue weighted by Crippen LogP contribution is 2.22. The number of rotatable bonds is 3. The maximum atomic E-state index is 12.1. The fourth-order valence-corrected chi connectivity index (χ4v) is 2.80. The Kier molecular flexibility index (Phi) is 4.18. The molecule has 2 fully saturated rings. The predicted molar refractivity (Wildman–Crippen MR) is 62.0 cm³/mol. The zero-order valence-corrected chi connectivity index (χ0v) is 9.82. The number of aliphatic hydroxyl groups is 1. The second-order valence-electron chi connectivity index (χ2n) is 4.96. The first kappa shape index (κ1) is 11.9. The normalized spacial score (nSPS) is 27.3. The van der Waals surface area contributed by atoms with Crippen molar-refractivity contribution in [2.24, 2.45) is 5.92 Å². The number of nitrogens with zero attached hydrogens (tertiary/aromatic N) is 1. The second-order valence-corrected chi connectivity index (χ2v) is 4.96. The SMILES string of the molecule is O=C(CC1CCNCC1)N1CCC[C@@H]1CO. The predicted octanol–water partition coefficient (Wildman–Crippen LogP) is 0.359. The van der Waals surface area contributed by atoms with Gasteiger partial charge in [-0.25, -0.2) is 0 Å². The summed E-state index contributed by atoms with van der Waals surface area (Å²) in [7, 11) is 0. The molecule has 0 unspecified atom stereocenters. The van der Waals surface area contributed by atoms with Gasteiger partial charge in [-0.15, -0.1) is 0 Å². The van der Waals surface area contributed by atoms with Gasteiger partial charge in [-0.2, -0.15) is 0 Å². The maximum Gasteiger partial charge on any atom is 0.223 e. The lowest BCUT2D eigenvalue weighted by Crippen LogP contribution is -2.39. The Morgan fingerprint density at radius 1 is 1.31 bits per heavy atom.